The lowest BCUT2D eigenvalue weighted by Gasteiger charge is -2.26. The maximum Gasteiger partial charge on any atom is 0.410 e. The second-order valence-electron chi connectivity index (χ2n) is 8.33. The number of rotatable bonds is 5. The Kier molecular flexibility index (Phi) is 6.13. The molecule has 3 fully saturated rings. The molecule has 0 N–H and O–H groups in total. The maximum atomic E-state index is 13.3. The van der Waals surface area contributed by atoms with Gasteiger partial charge in [0.15, 0.2) is 16.0 Å². The summed E-state index contributed by atoms with van der Waals surface area (Å²) in [4.78, 5) is 28.3. The monoisotopic (exact) mass is 465 g/mol. The summed E-state index contributed by atoms with van der Waals surface area (Å²) in [6.45, 7) is -0.181. The second kappa shape index (κ2) is 8.67. The van der Waals surface area contributed by atoms with Crippen molar-refractivity contribution in [3.8, 4) is 6.19 Å². The summed E-state index contributed by atoms with van der Waals surface area (Å²) >= 11 is 6.12. The zero-order valence-corrected chi connectivity index (χ0v) is 18.5. The highest BCUT2D eigenvalue weighted by molar-refractivity contribution is 7.92. The number of nitriles is 1. The van der Waals surface area contributed by atoms with E-state index < -0.39 is 33.1 Å². The first-order valence-corrected chi connectivity index (χ1v) is 12.4. The van der Waals surface area contributed by atoms with Gasteiger partial charge in [0.05, 0.1) is 15.2 Å². The van der Waals surface area contributed by atoms with E-state index in [-0.39, 0.29) is 35.0 Å². The smallest absolute Gasteiger partial charge is 0.410 e. The fourth-order valence-electron chi connectivity index (χ4n) is 4.33. The Hall–Kier alpha value is -2.31. The van der Waals surface area contributed by atoms with Crippen LogP contribution in [0.3, 0.4) is 0 Å². The molecule has 1 heterocycles. The van der Waals surface area contributed by atoms with E-state index in [1.165, 1.54) is 17.0 Å². The standard InChI is InChI=1S/C21H24ClN3O5S/c22-17-7-3-4-8-19(17)31(28,29)16-11-18(20(26)25(13-23)14-9-10-14)24(12-16)21(27)30-15-5-1-2-6-15/h3-4,7-8,14-16,18H,1-2,5-6,9-12H2/t16-,18+/m1/s1. The molecule has 1 aromatic rings. The van der Waals surface area contributed by atoms with Gasteiger partial charge in [0.2, 0.25) is 0 Å². The number of hydrogen-bond donors (Lipinski definition) is 0. The quantitative estimate of drug-likeness (QED) is 0.488. The van der Waals surface area contributed by atoms with Crippen LogP contribution in [0, 0.1) is 11.5 Å². The van der Waals surface area contributed by atoms with E-state index in [0.29, 0.717) is 0 Å². The third kappa shape index (κ3) is 4.37. The molecule has 0 unspecified atom stereocenters. The molecule has 166 valence electrons. The van der Waals surface area contributed by atoms with E-state index >= 15 is 0 Å². The van der Waals surface area contributed by atoms with Crippen LogP contribution in [0.4, 0.5) is 4.79 Å². The average molecular weight is 466 g/mol. The number of likely N-dealkylation sites (tertiary alicyclic amines) is 1. The number of amides is 2. The largest absolute Gasteiger partial charge is 0.446 e. The minimum atomic E-state index is -3.90. The highest BCUT2D eigenvalue weighted by Gasteiger charge is 2.49. The molecule has 1 saturated heterocycles. The Morgan fingerprint density at radius 2 is 1.84 bits per heavy atom. The molecule has 2 aliphatic carbocycles. The van der Waals surface area contributed by atoms with Gasteiger partial charge in [-0.1, -0.05) is 23.7 Å². The number of ether oxygens (including phenoxy) is 1. The Balaban J connectivity index is 1.61. The van der Waals surface area contributed by atoms with E-state index in [9.17, 15) is 23.3 Å². The van der Waals surface area contributed by atoms with Crippen LogP contribution in [0.1, 0.15) is 44.9 Å². The highest BCUT2D eigenvalue weighted by Crippen LogP contribution is 2.35. The number of sulfone groups is 1. The fraction of sp³-hybridized carbons (Fsp3) is 0.571. The third-order valence-corrected chi connectivity index (χ3v) is 8.82. The normalized spacial score (nSPS) is 24.1. The lowest BCUT2D eigenvalue weighted by molar-refractivity contribution is -0.133. The molecule has 0 radical (unpaired) electrons. The summed E-state index contributed by atoms with van der Waals surface area (Å²) in [5.41, 5.74) is 0. The molecule has 0 aromatic heterocycles. The van der Waals surface area contributed by atoms with Gasteiger partial charge in [-0.3, -0.25) is 9.69 Å². The van der Waals surface area contributed by atoms with Gasteiger partial charge in [-0.25, -0.2) is 18.1 Å². The van der Waals surface area contributed by atoms with Crippen molar-refractivity contribution in [3.63, 3.8) is 0 Å². The molecule has 3 aliphatic rings. The predicted octanol–water partition coefficient (Wildman–Crippen LogP) is 3.11. The first-order valence-electron chi connectivity index (χ1n) is 10.5. The lowest BCUT2D eigenvalue weighted by atomic mass is 10.2. The second-order valence-corrected chi connectivity index (χ2v) is 10.9. The Labute approximate surface area is 186 Å². The van der Waals surface area contributed by atoms with Crippen LogP contribution in [0.25, 0.3) is 0 Å². The molecule has 10 heteroatoms. The Morgan fingerprint density at radius 1 is 1.16 bits per heavy atom. The van der Waals surface area contributed by atoms with Gasteiger partial charge in [-0.05, 0) is 57.1 Å². The molecule has 1 aliphatic heterocycles. The van der Waals surface area contributed by atoms with Crippen LogP contribution in [-0.2, 0) is 19.4 Å². The zero-order valence-electron chi connectivity index (χ0n) is 16.9. The lowest BCUT2D eigenvalue weighted by Crippen LogP contribution is -2.47. The number of nitrogens with zero attached hydrogens (tertiary/aromatic N) is 3. The molecule has 8 nitrogen and oxygen atoms in total. The van der Waals surface area contributed by atoms with Gasteiger partial charge in [-0.2, -0.15) is 5.26 Å². The summed E-state index contributed by atoms with van der Waals surface area (Å²) in [5, 5.41) is 8.52. The number of benzene rings is 1. The van der Waals surface area contributed by atoms with Crippen LogP contribution in [0.15, 0.2) is 29.2 Å². The van der Waals surface area contributed by atoms with Crippen LogP contribution in [0.5, 0.6) is 0 Å². The zero-order chi connectivity index (χ0) is 22.2. The molecular formula is C21H24ClN3O5S. The molecule has 0 spiro atoms. The topological polar surface area (TPSA) is 108 Å². The van der Waals surface area contributed by atoms with Crippen LogP contribution >= 0.6 is 11.6 Å². The van der Waals surface area contributed by atoms with E-state index in [4.69, 9.17) is 16.3 Å². The van der Waals surface area contributed by atoms with E-state index in [0.717, 1.165) is 43.4 Å². The molecule has 2 saturated carbocycles. The molecule has 31 heavy (non-hydrogen) atoms. The average Bonchev–Trinajstić information content (AvgIpc) is 3.25. The Bertz CT molecular complexity index is 1010. The van der Waals surface area contributed by atoms with Gasteiger partial charge in [0.1, 0.15) is 12.1 Å². The molecule has 0 bridgehead atoms. The van der Waals surface area contributed by atoms with E-state index in [1.807, 2.05) is 6.19 Å². The van der Waals surface area contributed by atoms with Crippen molar-refractivity contribution in [2.45, 2.75) is 73.3 Å². The number of hydrogen-bond acceptors (Lipinski definition) is 6. The summed E-state index contributed by atoms with van der Waals surface area (Å²) < 4.78 is 32.1. The summed E-state index contributed by atoms with van der Waals surface area (Å²) in [6, 6.07) is 4.88. The van der Waals surface area contributed by atoms with Gasteiger partial charge in [0, 0.05) is 12.6 Å². The van der Waals surface area contributed by atoms with Gasteiger partial charge < -0.3 is 4.74 Å². The first kappa shape index (κ1) is 21.9. The predicted molar refractivity (Wildman–Crippen MR) is 112 cm³/mol. The van der Waals surface area contributed by atoms with Gasteiger partial charge in [0.25, 0.3) is 5.91 Å². The summed E-state index contributed by atoms with van der Waals surface area (Å²) in [6.07, 6.45) is 5.77. The third-order valence-electron chi connectivity index (χ3n) is 6.19. The van der Waals surface area contributed by atoms with Crippen molar-refractivity contribution in [2.24, 2.45) is 0 Å². The van der Waals surface area contributed by atoms with Crippen LogP contribution < -0.4 is 0 Å². The minimum Gasteiger partial charge on any atom is -0.446 e. The summed E-state index contributed by atoms with van der Waals surface area (Å²) in [5.74, 6) is -0.551. The number of carbonyl (C=O) groups is 2. The molecule has 1 aromatic carbocycles. The van der Waals surface area contributed by atoms with Gasteiger partial charge in [-0.15, -0.1) is 0 Å². The van der Waals surface area contributed by atoms with Crippen molar-refractivity contribution in [2.75, 3.05) is 6.54 Å². The fourth-order valence-corrected chi connectivity index (χ4v) is 6.55. The highest BCUT2D eigenvalue weighted by atomic mass is 35.5. The number of halogens is 1. The molecule has 2 atom stereocenters. The summed E-state index contributed by atoms with van der Waals surface area (Å²) in [7, 11) is -3.90. The van der Waals surface area contributed by atoms with Crippen molar-refractivity contribution < 1.29 is 22.7 Å². The molecule has 4 rings (SSSR count). The van der Waals surface area contributed by atoms with Crippen molar-refractivity contribution in [1.82, 2.24) is 9.80 Å². The minimum absolute atomic E-state index is 0.0294. The van der Waals surface area contributed by atoms with Crippen molar-refractivity contribution in [3.05, 3.63) is 29.3 Å². The van der Waals surface area contributed by atoms with Crippen molar-refractivity contribution >= 4 is 33.4 Å². The first-order chi connectivity index (χ1) is 14.8. The van der Waals surface area contributed by atoms with Crippen LogP contribution in [0.2, 0.25) is 5.02 Å². The molecule has 2 amide bonds. The van der Waals surface area contributed by atoms with Gasteiger partial charge >= 0.3 is 6.09 Å². The maximum absolute atomic E-state index is 13.3. The SMILES string of the molecule is N#CN(C(=O)[C@@H]1C[C@@H](S(=O)(=O)c2ccccc2Cl)CN1C(=O)OC1CCCC1)C1CC1. The Morgan fingerprint density at radius 3 is 2.45 bits per heavy atom. The van der Waals surface area contributed by atoms with E-state index in [1.54, 1.807) is 12.1 Å². The molecular weight excluding hydrogens is 442 g/mol. The van der Waals surface area contributed by atoms with Crippen LogP contribution in [-0.4, -0.2) is 60.2 Å². The van der Waals surface area contributed by atoms with E-state index in [2.05, 4.69) is 0 Å². The number of carbonyl (C=O) groups excluding carboxylic acids is 2. The van der Waals surface area contributed by atoms with Crippen molar-refractivity contribution in [1.29, 1.82) is 5.26 Å².